The van der Waals surface area contributed by atoms with E-state index in [4.69, 9.17) is 0 Å². The molecule has 1 saturated heterocycles. The molecule has 0 unspecified atom stereocenters. The molecule has 1 heterocycles. The molecule has 0 aliphatic carbocycles. The van der Waals surface area contributed by atoms with Gasteiger partial charge < -0.3 is 5.32 Å². The summed E-state index contributed by atoms with van der Waals surface area (Å²) in [6.45, 7) is 5.60. The van der Waals surface area contributed by atoms with Gasteiger partial charge in [-0.2, -0.15) is 0 Å². The Morgan fingerprint density at radius 3 is 2.46 bits per heavy atom. The van der Waals surface area contributed by atoms with Crippen molar-refractivity contribution in [3.63, 3.8) is 0 Å². The Bertz CT molecular complexity index is 278. The zero-order valence-corrected chi connectivity index (χ0v) is 8.43. The van der Waals surface area contributed by atoms with Crippen LogP contribution in [0.5, 0.6) is 0 Å². The zero-order valence-electron chi connectivity index (χ0n) is 8.43. The van der Waals surface area contributed by atoms with Gasteiger partial charge in [0.15, 0.2) is 0 Å². The average molecular weight is 175 g/mol. The van der Waals surface area contributed by atoms with Crippen LogP contribution in [-0.2, 0) is 0 Å². The predicted molar refractivity (Wildman–Crippen MR) is 55.9 cm³/mol. The van der Waals surface area contributed by atoms with Crippen molar-refractivity contribution < 1.29 is 0 Å². The van der Waals surface area contributed by atoms with Gasteiger partial charge in [-0.05, 0) is 49.9 Å². The highest BCUT2D eigenvalue weighted by Gasteiger charge is 2.18. The minimum atomic E-state index is 0.612. The van der Waals surface area contributed by atoms with Crippen LogP contribution in [0, 0.1) is 13.8 Å². The maximum atomic E-state index is 3.55. The highest BCUT2D eigenvalue weighted by molar-refractivity contribution is 5.36. The van der Waals surface area contributed by atoms with Crippen LogP contribution in [-0.4, -0.2) is 6.54 Å². The fraction of sp³-hybridized carbons (Fsp3) is 0.500. The first-order valence-corrected chi connectivity index (χ1v) is 5.08. The standard InChI is InChI=1S/C12H17N/c1-9-5-3-6-10(2)12(9)11-7-4-8-13-11/h3,5-6,11,13H,4,7-8H2,1-2H3/t11-/m0/s1. The first-order valence-electron chi connectivity index (χ1n) is 5.08. The summed E-state index contributed by atoms with van der Waals surface area (Å²) in [6.07, 6.45) is 2.62. The monoisotopic (exact) mass is 175 g/mol. The Hall–Kier alpha value is -0.820. The van der Waals surface area contributed by atoms with E-state index in [1.54, 1.807) is 0 Å². The van der Waals surface area contributed by atoms with Gasteiger partial charge in [0.05, 0.1) is 0 Å². The molecule has 1 nitrogen and oxygen atoms in total. The fourth-order valence-corrected chi connectivity index (χ4v) is 2.31. The van der Waals surface area contributed by atoms with E-state index in [1.165, 1.54) is 36.1 Å². The van der Waals surface area contributed by atoms with Crippen LogP contribution in [0.2, 0.25) is 0 Å². The normalized spacial score (nSPS) is 22.2. The number of rotatable bonds is 1. The summed E-state index contributed by atoms with van der Waals surface area (Å²) < 4.78 is 0. The van der Waals surface area contributed by atoms with Crippen molar-refractivity contribution in [3.05, 3.63) is 34.9 Å². The van der Waals surface area contributed by atoms with Gasteiger partial charge in [0.2, 0.25) is 0 Å². The smallest absolute Gasteiger partial charge is 0.0325 e. The van der Waals surface area contributed by atoms with Gasteiger partial charge in [-0.15, -0.1) is 0 Å². The Balaban J connectivity index is 2.37. The molecular weight excluding hydrogens is 158 g/mol. The Morgan fingerprint density at radius 1 is 1.23 bits per heavy atom. The molecule has 1 heteroatoms. The van der Waals surface area contributed by atoms with Gasteiger partial charge in [-0.1, -0.05) is 18.2 Å². The molecule has 0 radical (unpaired) electrons. The molecule has 0 aromatic heterocycles. The second kappa shape index (κ2) is 3.51. The molecule has 1 aromatic rings. The second-order valence-electron chi connectivity index (χ2n) is 3.95. The molecule has 1 aliphatic heterocycles. The highest BCUT2D eigenvalue weighted by Crippen LogP contribution is 2.28. The van der Waals surface area contributed by atoms with Crippen LogP contribution in [0.3, 0.4) is 0 Å². The summed E-state index contributed by atoms with van der Waals surface area (Å²) >= 11 is 0. The van der Waals surface area contributed by atoms with Crippen molar-refractivity contribution >= 4 is 0 Å². The van der Waals surface area contributed by atoms with E-state index in [0.717, 1.165) is 0 Å². The van der Waals surface area contributed by atoms with Gasteiger partial charge in [0.25, 0.3) is 0 Å². The molecule has 0 bridgehead atoms. The second-order valence-corrected chi connectivity index (χ2v) is 3.95. The van der Waals surface area contributed by atoms with E-state index < -0.39 is 0 Å². The molecule has 1 aromatic carbocycles. The van der Waals surface area contributed by atoms with Crippen LogP contribution in [0.4, 0.5) is 0 Å². The molecule has 13 heavy (non-hydrogen) atoms. The summed E-state index contributed by atoms with van der Waals surface area (Å²) in [5.74, 6) is 0. The fourth-order valence-electron chi connectivity index (χ4n) is 2.31. The molecule has 2 rings (SSSR count). The lowest BCUT2D eigenvalue weighted by atomic mass is 9.95. The average Bonchev–Trinajstić information content (AvgIpc) is 2.57. The molecule has 1 fully saturated rings. The Labute approximate surface area is 80.2 Å². The van der Waals surface area contributed by atoms with E-state index in [-0.39, 0.29) is 0 Å². The SMILES string of the molecule is Cc1cccc(C)c1[C@@H]1CCCN1. The maximum Gasteiger partial charge on any atom is 0.0325 e. The summed E-state index contributed by atoms with van der Waals surface area (Å²) in [7, 11) is 0. The summed E-state index contributed by atoms with van der Waals surface area (Å²) in [6, 6.07) is 7.18. The lowest BCUT2D eigenvalue weighted by Crippen LogP contribution is -2.15. The molecule has 0 amide bonds. The van der Waals surface area contributed by atoms with E-state index in [2.05, 4.69) is 37.4 Å². The largest absolute Gasteiger partial charge is 0.310 e. The van der Waals surface area contributed by atoms with Crippen LogP contribution < -0.4 is 5.32 Å². The zero-order chi connectivity index (χ0) is 9.26. The number of hydrogen-bond acceptors (Lipinski definition) is 1. The number of nitrogens with one attached hydrogen (secondary N) is 1. The first kappa shape index (κ1) is 8.76. The molecule has 1 aliphatic rings. The third kappa shape index (κ3) is 1.61. The molecule has 0 saturated carbocycles. The van der Waals surface area contributed by atoms with Crippen molar-refractivity contribution in [2.45, 2.75) is 32.7 Å². The van der Waals surface area contributed by atoms with Crippen molar-refractivity contribution in [1.82, 2.24) is 5.32 Å². The molecule has 1 atom stereocenters. The minimum Gasteiger partial charge on any atom is -0.310 e. The summed E-state index contributed by atoms with van der Waals surface area (Å²) in [5, 5.41) is 3.55. The highest BCUT2D eigenvalue weighted by atomic mass is 14.9. The number of benzene rings is 1. The molecular formula is C12H17N. The van der Waals surface area contributed by atoms with Crippen LogP contribution in [0.15, 0.2) is 18.2 Å². The van der Waals surface area contributed by atoms with Gasteiger partial charge in [-0.3, -0.25) is 0 Å². The van der Waals surface area contributed by atoms with E-state index in [9.17, 15) is 0 Å². The van der Waals surface area contributed by atoms with Gasteiger partial charge >= 0.3 is 0 Å². The van der Waals surface area contributed by atoms with Crippen molar-refractivity contribution in [2.75, 3.05) is 6.54 Å². The Kier molecular flexibility index (Phi) is 2.36. The number of aryl methyl sites for hydroxylation is 2. The summed E-state index contributed by atoms with van der Waals surface area (Å²) in [4.78, 5) is 0. The molecule has 1 N–H and O–H groups in total. The Morgan fingerprint density at radius 2 is 1.92 bits per heavy atom. The topological polar surface area (TPSA) is 12.0 Å². The predicted octanol–water partition coefficient (Wildman–Crippen LogP) is 2.73. The maximum absolute atomic E-state index is 3.55. The lowest BCUT2D eigenvalue weighted by molar-refractivity contribution is 0.640. The summed E-state index contributed by atoms with van der Waals surface area (Å²) in [5.41, 5.74) is 4.39. The van der Waals surface area contributed by atoms with E-state index >= 15 is 0 Å². The van der Waals surface area contributed by atoms with Crippen molar-refractivity contribution in [2.24, 2.45) is 0 Å². The number of hydrogen-bond donors (Lipinski definition) is 1. The van der Waals surface area contributed by atoms with E-state index in [1.807, 2.05) is 0 Å². The minimum absolute atomic E-state index is 0.612. The van der Waals surface area contributed by atoms with Gasteiger partial charge in [0.1, 0.15) is 0 Å². The van der Waals surface area contributed by atoms with Crippen LogP contribution >= 0.6 is 0 Å². The van der Waals surface area contributed by atoms with Gasteiger partial charge in [-0.25, -0.2) is 0 Å². The van der Waals surface area contributed by atoms with Gasteiger partial charge in [0, 0.05) is 6.04 Å². The van der Waals surface area contributed by atoms with Crippen LogP contribution in [0.1, 0.15) is 35.6 Å². The van der Waals surface area contributed by atoms with Crippen molar-refractivity contribution in [3.8, 4) is 0 Å². The molecule has 70 valence electrons. The third-order valence-corrected chi connectivity index (χ3v) is 2.95. The van der Waals surface area contributed by atoms with E-state index in [0.29, 0.717) is 6.04 Å². The first-order chi connectivity index (χ1) is 6.29. The molecule has 0 spiro atoms. The third-order valence-electron chi connectivity index (χ3n) is 2.95. The van der Waals surface area contributed by atoms with Crippen LogP contribution in [0.25, 0.3) is 0 Å². The van der Waals surface area contributed by atoms with Crippen molar-refractivity contribution in [1.29, 1.82) is 0 Å². The lowest BCUT2D eigenvalue weighted by Gasteiger charge is -2.16. The quantitative estimate of drug-likeness (QED) is 0.692.